The molecule has 0 spiro atoms. The van der Waals surface area contributed by atoms with Crippen molar-refractivity contribution in [3.63, 3.8) is 0 Å². The van der Waals surface area contributed by atoms with Crippen LogP contribution in [-0.4, -0.2) is 32.7 Å². The fourth-order valence-corrected chi connectivity index (χ4v) is 2.65. The van der Waals surface area contributed by atoms with E-state index < -0.39 is 0 Å². The van der Waals surface area contributed by atoms with Gasteiger partial charge < -0.3 is 15.7 Å². The standard InChI is InChI=1S/C21H24FN5O/c1-13(2)19(12-28)26-21-25-18(15-5-4-8-23-11-15)10-20(27-21)24-16-7-6-14(3)17(22)9-16/h4-11,13,19,28H,12H2,1-3H3,(H2,24,25,26,27)/t19-/m1/s1. The molecule has 0 aliphatic heterocycles. The van der Waals surface area contributed by atoms with Gasteiger partial charge >= 0.3 is 0 Å². The summed E-state index contributed by atoms with van der Waals surface area (Å²) in [5.41, 5.74) is 2.67. The highest BCUT2D eigenvalue weighted by atomic mass is 19.1. The van der Waals surface area contributed by atoms with Crippen molar-refractivity contribution in [3.05, 3.63) is 60.2 Å². The van der Waals surface area contributed by atoms with Crippen molar-refractivity contribution in [2.45, 2.75) is 26.8 Å². The Labute approximate surface area is 163 Å². The van der Waals surface area contributed by atoms with Crippen LogP contribution in [-0.2, 0) is 0 Å². The molecule has 0 unspecified atom stereocenters. The van der Waals surface area contributed by atoms with Crippen LogP contribution in [0.25, 0.3) is 11.3 Å². The summed E-state index contributed by atoms with van der Waals surface area (Å²) in [7, 11) is 0. The molecule has 7 heteroatoms. The summed E-state index contributed by atoms with van der Waals surface area (Å²) in [4.78, 5) is 13.2. The van der Waals surface area contributed by atoms with Gasteiger partial charge in [0, 0.05) is 29.7 Å². The van der Waals surface area contributed by atoms with E-state index in [1.54, 1.807) is 37.5 Å². The topological polar surface area (TPSA) is 83.0 Å². The largest absolute Gasteiger partial charge is 0.394 e. The second-order valence-corrected chi connectivity index (χ2v) is 6.97. The van der Waals surface area contributed by atoms with E-state index in [-0.39, 0.29) is 24.4 Å². The average Bonchev–Trinajstić information content (AvgIpc) is 2.69. The summed E-state index contributed by atoms with van der Waals surface area (Å²) < 4.78 is 13.9. The monoisotopic (exact) mass is 381 g/mol. The Hall–Kier alpha value is -3.06. The summed E-state index contributed by atoms with van der Waals surface area (Å²) in [6, 6.07) is 10.3. The number of anilines is 3. The average molecular weight is 381 g/mol. The number of aromatic nitrogens is 3. The minimum absolute atomic E-state index is 0.0376. The number of aryl methyl sites for hydroxylation is 1. The second kappa shape index (κ2) is 8.75. The van der Waals surface area contributed by atoms with Crippen LogP contribution in [0, 0.1) is 18.7 Å². The molecule has 1 atom stereocenters. The Bertz CT molecular complexity index is 933. The molecule has 3 N–H and O–H groups in total. The van der Waals surface area contributed by atoms with Gasteiger partial charge in [-0.2, -0.15) is 4.98 Å². The third kappa shape index (κ3) is 4.80. The number of aliphatic hydroxyl groups is 1. The van der Waals surface area contributed by atoms with Crippen LogP contribution in [0.15, 0.2) is 48.8 Å². The molecule has 0 amide bonds. The quantitative estimate of drug-likeness (QED) is 0.570. The van der Waals surface area contributed by atoms with E-state index in [9.17, 15) is 9.50 Å². The molecular formula is C21H24FN5O. The van der Waals surface area contributed by atoms with Crippen LogP contribution in [0.3, 0.4) is 0 Å². The van der Waals surface area contributed by atoms with Crippen LogP contribution < -0.4 is 10.6 Å². The van der Waals surface area contributed by atoms with Crippen molar-refractivity contribution < 1.29 is 9.50 Å². The Balaban J connectivity index is 1.97. The van der Waals surface area contributed by atoms with E-state index in [0.717, 1.165) is 5.56 Å². The van der Waals surface area contributed by atoms with Crippen molar-refractivity contribution in [1.82, 2.24) is 15.0 Å². The van der Waals surface area contributed by atoms with Crippen LogP contribution in [0.2, 0.25) is 0 Å². The maximum absolute atomic E-state index is 13.9. The van der Waals surface area contributed by atoms with E-state index in [4.69, 9.17) is 0 Å². The van der Waals surface area contributed by atoms with Crippen LogP contribution in [0.5, 0.6) is 0 Å². The predicted molar refractivity (Wildman–Crippen MR) is 109 cm³/mol. The molecule has 6 nitrogen and oxygen atoms in total. The van der Waals surface area contributed by atoms with Crippen molar-refractivity contribution in [3.8, 4) is 11.3 Å². The molecule has 2 aromatic heterocycles. The summed E-state index contributed by atoms with van der Waals surface area (Å²) >= 11 is 0. The molecule has 0 radical (unpaired) electrons. The number of rotatable bonds is 7. The van der Waals surface area contributed by atoms with Gasteiger partial charge in [0.05, 0.1) is 18.3 Å². The number of benzene rings is 1. The summed E-state index contributed by atoms with van der Waals surface area (Å²) in [6.07, 6.45) is 3.41. The zero-order valence-electron chi connectivity index (χ0n) is 16.1. The van der Waals surface area contributed by atoms with Gasteiger partial charge in [0.2, 0.25) is 5.95 Å². The maximum atomic E-state index is 13.9. The number of nitrogens with one attached hydrogen (secondary N) is 2. The van der Waals surface area contributed by atoms with E-state index in [2.05, 4.69) is 25.6 Å². The molecule has 0 saturated carbocycles. The Morgan fingerprint density at radius 1 is 1.14 bits per heavy atom. The molecule has 0 aliphatic carbocycles. The zero-order chi connectivity index (χ0) is 20.1. The molecular weight excluding hydrogens is 357 g/mol. The minimum Gasteiger partial charge on any atom is -0.394 e. The lowest BCUT2D eigenvalue weighted by Gasteiger charge is -2.20. The number of halogens is 1. The number of aliphatic hydroxyl groups excluding tert-OH is 1. The van der Waals surface area contributed by atoms with Crippen LogP contribution >= 0.6 is 0 Å². The van der Waals surface area contributed by atoms with E-state index >= 15 is 0 Å². The zero-order valence-corrected chi connectivity index (χ0v) is 16.1. The normalized spacial score (nSPS) is 12.1. The first-order valence-electron chi connectivity index (χ1n) is 9.16. The van der Waals surface area contributed by atoms with Crippen molar-refractivity contribution >= 4 is 17.5 Å². The van der Waals surface area contributed by atoms with E-state index in [1.807, 2.05) is 26.0 Å². The number of pyridine rings is 1. The predicted octanol–water partition coefficient (Wildman–Crippen LogP) is 4.16. The second-order valence-electron chi connectivity index (χ2n) is 6.97. The Morgan fingerprint density at radius 2 is 1.96 bits per heavy atom. The third-order valence-electron chi connectivity index (χ3n) is 4.44. The lowest BCUT2D eigenvalue weighted by molar-refractivity contribution is 0.248. The van der Waals surface area contributed by atoms with Crippen LogP contribution in [0.4, 0.5) is 21.8 Å². The highest BCUT2D eigenvalue weighted by Crippen LogP contribution is 2.24. The molecule has 2 heterocycles. The van der Waals surface area contributed by atoms with Gasteiger partial charge in [0.1, 0.15) is 11.6 Å². The first kappa shape index (κ1) is 19.7. The lowest BCUT2D eigenvalue weighted by atomic mass is 10.1. The molecule has 146 valence electrons. The lowest BCUT2D eigenvalue weighted by Crippen LogP contribution is -2.30. The molecule has 0 fully saturated rings. The highest BCUT2D eigenvalue weighted by molar-refractivity contribution is 5.67. The highest BCUT2D eigenvalue weighted by Gasteiger charge is 2.15. The molecule has 0 saturated heterocycles. The van der Waals surface area contributed by atoms with Gasteiger partial charge in [0.15, 0.2) is 0 Å². The van der Waals surface area contributed by atoms with Gasteiger partial charge in [-0.15, -0.1) is 0 Å². The van der Waals surface area contributed by atoms with Gasteiger partial charge in [-0.05, 0) is 42.7 Å². The summed E-state index contributed by atoms with van der Waals surface area (Å²) in [5.74, 6) is 0.799. The van der Waals surface area contributed by atoms with Crippen molar-refractivity contribution in [2.75, 3.05) is 17.2 Å². The summed E-state index contributed by atoms with van der Waals surface area (Å²) in [5, 5.41) is 15.9. The van der Waals surface area contributed by atoms with Gasteiger partial charge in [-0.3, -0.25) is 4.98 Å². The molecule has 28 heavy (non-hydrogen) atoms. The van der Waals surface area contributed by atoms with Gasteiger partial charge in [0.25, 0.3) is 0 Å². The SMILES string of the molecule is Cc1ccc(Nc2cc(-c3cccnc3)nc(N[C@H](CO)C(C)C)n2)cc1F. The van der Waals surface area contributed by atoms with E-state index in [1.165, 1.54) is 6.07 Å². The van der Waals surface area contributed by atoms with Crippen LogP contribution in [0.1, 0.15) is 19.4 Å². The first-order valence-corrected chi connectivity index (χ1v) is 9.16. The number of hydrogen-bond acceptors (Lipinski definition) is 6. The van der Waals surface area contributed by atoms with Gasteiger partial charge in [-0.25, -0.2) is 9.37 Å². The molecule has 3 aromatic rings. The molecule has 0 aliphatic rings. The van der Waals surface area contributed by atoms with Gasteiger partial charge in [-0.1, -0.05) is 19.9 Å². The molecule has 0 bridgehead atoms. The number of nitrogens with zero attached hydrogens (tertiary/aromatic N) is 3. The fourth-order valence-electron chi connectivity index (χ4n) is 2.65. The third-order valence-corrected chi connectivity index (χ3v) is 4.44. The van der Waals surface area contributed by atoms with E-state index in [0.29, 0.717) is 28.7 Å². The minimum atomic E-state index is -0.287. The summed E-state index contributed by atoms with van der Waals surface area (Å²) in [6.45, 7) is 5.69. The molecule has 3 rings (SSSR count). The fraction of sp³-hybridized carbons (Fsp3) is 0.286. The maximum Gasteiger partial charge on any atom is 0.225 e. The van der Waals surface area contributed by atoms with Crippen molar-refractivity contribution in [2.24, 2.45) is 5.92 Å². The Kier molecular flexibility index (Phi) is 6.16. The first-order chi connectivity index (χ1) is 13.5. The molecule has 1 aromatic carbocycles. The smallest absolute Gasteiger partial charge is 0.225 e. The van der Waals surface area contributed by atoms with Crippen molar-refractivity contribution in [1.29, 1.82) is 0 Å². The number of hydrogen-bond donors (Lipinski definition) is 3. The Morgan fingerprint density at radius 3 is 2.61 bits per heavy atom.